The summed E-state index contributed by atoms with van der Waals surface area (Å²) in [5.41, 5.74) is 0.544. The van der Waals surface area contributed by atoms with Crippen molar-refractivity contribution in [3.63, 3.8) is 0 Å². The number of halogens is 2. The van der Waals surface area contributed by atoms with E-state index in [4.69, 9.17) is 21.1 Å². The van der Waals surface area contributed by atoms with E-state index in [1.165, 1.54) is 11.3 Å². The Kier molecular flexibility index (Phi) is 3.52. The molecule has 2 aromatic rings. The van der Waals surface area contributed by atoms with Crippen LogP contribution in [0.3, 0.4) is 0 Å². The quantitative estimate of drug-likeness (QED) is 0.755. The molecule has 0 unspecified atom stereocenters. The van der Waals surface area contributed by atoms with E-state index in [2.05, 4.69) is 15.9 Å². The number of hydrogen-bond acceptors (Lipinski definition) is 4. The summed E-state index contributed by atoms with van der Waals surface area (Å²) in [6, 6.07) is 6.90. The molecule has 2 heterocycles. The van der Waals surface area contributed by atoms with Crippen LogP contribution in [-0.4, -0.2) is 19.0 Å². The fourth-order valence-electron chi connectivity index (χ4n) is 1.81. The first-order valence-electron chi connectivity index (χ1n) is 5.54. The lowest BCUT2D eigenvalue weighted by molar-refractivity contribution is 0.104. The lowest BCUT2D eigenvalue weighted by atomic mass is 10.1. The number of thiophene rings is 1. The van der Waals surface area contributed by atoms with Crippen molar-refractivity contribution in [1.29, 1.82) is 0 Å². The van der Waals surface area contributed by atoms with Crippen molar-refractivity contribution in [1.82, 2.24) is 0 Å². The van der Waals surface area contributed by atoms with Crippen molar-refractivity contribution < 1.29 is 14.3 Å². The van der Waals surface area contributed by atoms with Gasteiger partial charge in [0.1, 0.15) is 13.2 Å². The first-order chi connectivity index (χ1) is 9.15. The number of hydrogen-bond donors (Lipinski definition) is 0. The van der Waals surface area contributed by atoms with Crippen LogP contribution in [0, 0.1) is 0 Å². The second-order valence-corrected chi connectivity index (χ2v) is 6.48. The number of benzene rings is 1. The Morgan fingerprint density at radius 3 is 2.53 bits per heavy atom. The molecular weight excluding hydrogens is 352 g/mol. The molecule has 1 aliphatic rings. The second kappa shape index (κ2) is 5.15. The highest BCUT2D eigenvalue weighted by molar-refractivity contribution is 9.10. The smallest absolute Gasteiger partial charge is 0.204 e. The van der Waals surface area contributed by atoms with Gasteiger partial charge in [0.15, 0.2) is 11.5 Å². The molecule has 0 atom stereocenters. The van der Waals surface area contributed by atoms with Crippen LogP contribution in [0.2, 0.25) is 4.34 Å². The average molecular weight is 360 g/mol. The van der Waals surface area contributed by atoms with Gasteiger partial charge < -0.3 is 9.47 Å². The molecule has 0 fully saturated rings. The SMILES string of the molecule is O=C(c1ccc(Cl)s1)c1cc2c(cc1Br)OCCO2. The largest absolute Gasteiger partial charge is 0.486 e. The van der Waals surface area contributed by atoms with E-state index in [-0.39, 0.29) is 5.78 Å². The number of fused-ring (bicyclic) bond motifs is 1. The molecule has 3 rings (SSSR count). The Balaban J connectivity index is 2.03. The molecule has 0 amide bonds. The van der Waals surface area contributed by atoms with Gasteiger partial charge in [-0.2, -0.15) is 0 Å². The van der Waals surface area contributed by atoms with Crippen molar-refractivity contribution in [3.05, 3.63) is 43.5 Å². The topological polar surface area (TPSA) is 35.5 Å². The number of rotatable bonds is 2. The lowest BCUT2D eigenvalue weighted by Gasteiger charge is -2.19. The van der Waals surface area contributed by atoms with Gasteiger partial charge in [-0.3, -0.25) is 4.79 Å². The Morgan fingerprint density at radius 1 is 1.21 bits per heavy atom. The molecule has 98 valence electrons. The Morgan fingerprint density at radius 2 is 1.89 bits per heavy atom. The maximum Gasteiger partial charge on any atom is 0.204 e. The van der Waals surface area contributed by atoms with E-state index in [9.17, 15) is 4.79 Å². The predicted molar refractivity (Wildman–Crippen MR) is 77.9 cm³/mol. The van der Waals surface area contributed by atoms with Gasteiger partial charge in [0.2, 0.25) is 5.78 Å². The van der Waals surface area contributed by atoms with Crippen LogP contribution in [0.25, 0.3) is 0 Å². The molecule has 0 spiro atoms. The van der Waals surface area contributed by atoms with Gasteiger partial charge in [-0.25, -0.2) is 0 Å². The summed E-state index contributed by atoms with van der Waals surface area (Å²) in [5.74, 6) is 1.17. The van der Waals surface area contributed by atoms with Crippen molar-refractivity contribution >= 4 is 44.7 Å². The lowest BCUT2D eigenvalue weighted by Crippen LogP contribution is -2.16. The van der Waals surface area contributed by atoms with Crippen LogP contribution < -0.4 is 9.47 Å². The summed E-state index contributed by atoms with van der Waals surface area (Å²) in [6.45, 7) is 1.01. The fourth-order valence-corrected chi connectivity index (χ4v) is 3.31. The molecule has 0 bridgehead atoms. The minimum absolute atomic E-state index is 0.0826. The van der Waals surface area contributed by atoms with E-state index in [0.29, 0.717) is 44.0 Å². The molecule has 1 aromatic heterocycles. The van der Waals surface area contributed by atoms with Crippen LogP contribution in [0.4, 0.5) is 0 Å². The molecule has 0 saturated heterocycles. The molecule has 0 N–H and O–H groups in total. The zero-order valence-corrected chi connectivity index (χ0v) is 12.8. The highest BCUT2D eigenvalue weighted by atomic mass is 79.9. The van der Waals surface area contributed by atoms with Gasteiger partial charge in [-0.1, -0.05) is 11.6 Å². The van der Waals surface area contributed by atoms with Crippen molar-refractivity contribution in [2.75, 3.05) is 13.2 Å². The summed E-state index contributed by atoms with van der Waals surface area (Å²) in [5, 5.41) is 0. The summed E-state index contributed by atoms with van der Waals surface area (Å²) in [4.78, 5) is 13.0. The van der Waals surface area contributed by atoms with Gasteiger partial charge in [0.25, 0.3) is 0 Å². The Bertz CT molecular complexity index is 653. The summed E-state index contributed by atoms with van der Waals surface area (Å²) >= 11 is 10.5. The third-order valence-corrected chi connectivity index (χ3v) is 4.56. The third kappa shape index (κ3) is 2.50. The van der Waals surface area contributed by atoms with Gasteiger partial charge in [0, 0.05) is 10.0 Å². The van der Waals surface area contributed by atoms with Crippen LogP contribution in [0.15, 0.2) is 28.7 Å². The van der Waals surface area contributed by atoms with Crippen LogP contribution in [0.5, 0.6) is 11.5 Å². The van der Waals surface area contributed by atoms with E-state index in [0.717, 1.165) is 0 Å². The van der Waals surface area contributed by atoms with E-state index in [1.807, 2.05) is 0 Å². The third-order valence-electron chi connectivity index (χ3n) is 2.67. The molecule has 1 aromatic carbocycles. The first-order valence-corrected chi connectivity index (χ1v) is 7.53. The second-order valence-electron chi connectivity index (χ2n) is 3.91. The number of carbonyl (C=O) groups is 1. The fraction of sp³-hybridized carbons (Fsp3) is 0.154. The van der Waals surface area contributed by atoms with E-state index >= 15 is 0 Å². The molecule has 3 nitrogen and oxygen atoms in total. The summed E-state index contributed by atoms with van der Waals surface area (Å²) in [6.07, 6.45) is 0. The zero-order chi connectivity index (χ0) is 13.4. The van der Waals surface area contributed by atoms with E-state index in [1.54, 1.807) is 24.3 Å². The minimum atomic E-state index is -0.0826. The molecule has 0 saturated carbocycles. The number of ether oxygens (including phenoxy) is 2. The molecule has 0 aliphatic carbocycles. The van der Waals surface area contributed by atoms with Crippen LogP contribution in [-0.2, 0) is 0 Å². The van der Waals surface area contributed by atoms with Crippen molar-refractivity contribution in [2.24, 2.45) is 0 Å². The zero-order valence-electron chi connectivity index (χ0n) is 9.61. The number of carbonyl (C=O) groups excluding carboxylic acids is 1. The van der Waals surface area contributed by atoms with E-state index < -0.39 is 0 Å². The standard InChI is InChI=1S/C13H8BrClO3S/c14-8-6-10-9(17-3-4-18-10)5-7(8)13(16)11-1-2-12(15)19-11/h1-2,5-6H,3-4H2. The van der Waals surface area contributed by atoms with Crippen molar-refractivity contribution in [3.8, 4) is 11.5 Å². The van der Waals surface area contributed by atoms with Crippen LogP contribution in [0.1, 0.15) is 15.2 Å². The van der Waals surface area contributed by atoms with Crippen molar-refractivity contribution in [2.45, 2.75) is 0 Å². The van der Waals surface area contributed by atoms with Crippen LogP contribution >= 0.6 is 38.9 Å². The van der Waals surface area contributed by atoms with Gasteiger partial charge in [0.05, 0.1) is 9.21 Å². The summed E-state index contributed by atoms with van der Waals surface area (Å²) < 4.78 is 12.2. The predicted octanol–water partition coefficient (Wildman–Crippen LogP) is 4.17. The van der Waals surface area contributed by atoms with Gasteiger partial charge in [-0.15, -0.1) is 11.3 Å². The molecule has 19 heavy (non-hydrogen) atoms. The average Bonchev–Trinajstić information content (AvgIpc) is 2.84. The molecule has 0 radical (unpaired) electrons. The van der Waals surface area contributed by atoms with Gasteiger partial charge in [-0.05, 0) is 40.2 Å². The maximum absolute atomic E-state index is 12.4. The highest BCUT2D eigenvalue weighted by Gasteiger charge is 2.20. The number of ketones is 1. The first kappa shape index (κ1) is 13.0. The Hall–Kier alpha value is -1.04. The normalized spacial score (nSPS) is 13.4. The molecule has 1 aliphatic heterocycles. The maximum atomic E-state index is 12.4. The minimum Gasteiger partial charge on any atom is -0.486 e. The van der Waals surface area contributed by atoms with Gasteiger partial charge >= 0.3 is 0 Å². The highest BCUT2D eigenvalue weighted by Crippen LogP contribution is 2.37. The molecular formula is C13H8BrClO3S. The molecule has 6 heteroatoms. The Labute approximate surface area is 127 Å². The summed E-state index contributed by atoms with van der Waals surface area (Å²) in [7, 11) is 0. The monoisotopic (exact) mass is 358 g/mol.